The van der Waals surface area contributed by atoms with Gasteiger partial charge in [-0.2, -0.15) is 0 Å². The Morgan fingerprint density at radius 1 is 1.37 bits per heavy atom. The van der Waals surface area contributed by atoms with Crippen LogP contribution >= 0.6 is 22.9 Å². The number of benzene rings is 1. The molecule has 1 aromatic carbocycles. The number of nitro groups is 1. The molecule has 0 aliphatic carbocycles. The Kier molecular flexibility index (Phi) is 4.84. The van der Waals surface area contributed by atoms with Gasteiger partial charge in [-0.15, -0.1) is 11.3 Å². The molecular formula is C12H12ClN3O2S. The molecular weight excluding hydrogens is 286 g/mol. The maximum Gasteiger partial charge on any atom is 0.269 e. The minimum Gasteiger partial charge on any atom is -0.310 e. The summed E-state index contributed by atoms with van der Waals surface area (Å²) in [6, 6.07) is 6.60. The first-order chi connectivity index (χ1) is 9.15. The Labute approximate surface area is 119 Å². The summed E-state index contributed by atoms with van der Waals surface area (Å²) in [5.41, 5.74) is 1.18. The first kappa shape index (κ1) is 13.9. The second-order valence-electron chi connectivity index (χ2n) is 3.91. The summed E-state index contributed by atoms with van der Waals surface area (Å²) in [5.74, 6) is 0. The van der Waals surface area contributed by atoms with Crippen LogP contribution in [0.2, 0.25) is 4.34 Å². The molecule has 1 N–H and O–H groups in total. The number of nitrogens with one attached hydrogen (secondary N) is 1. The number of nitrogens with zero attached hydrogens (tertiary/aromatic N) is 2. The van der Waals surface area contributed by atoms with E-state index >= 15 is 0 Å². The van der Waals surface area contributed by atoms with Crippen molar-refractivity contribution >= 4 is 28.6 Å². The van der Waals surface area contributed by atoms with E-state index in [1.165, 1.54) is 23.5 Å². The van der Waals surface area contributed by atoms with Crippen molar-refractivity contribution < 1.29 is 4.92 Å². The van der Waals surface area contributed by atoms with E-state index in [-0.39, 0.29) is 5.69 Å². The fraction of sp³-hybridized carbons (Fsp3) is 0.250. The maximum atomic E-state index is 10.5. The zero-order valence-electron chi connectivity index (χ0n) is 10.0. The summed E-state index contributed by atoms with van der Waals surface area (Å²) in [6.45, 7) is 1.47. The molecule has 100 valence electrons. The van der Waals surface area contributed by atoms with Crippen LogP contribution in [0.1, 0.15) is 10.6 Å². The van der Waals surface area contributed by atoms with Crippen molar-refractivity contribution in [3.05, 3.63) is 55.5 Å². The summed E-state index contributed by atoms with van der Waals surface area (Å²) >= 11 is 7.24. The van der Waals surface area contributed by atoms with Gasteiger partial charge in [0.05, 0.1) is 11.1 Å². The van der Waals surface area contributed by atoms with E-state index in [9.17, 15) is 10.1 Å². The molecule has 0 spiro atoms. The van der Waals surface area contributed by atoms with Crippen molar-refractivity contribution in [3.63, 3.8) is 0 Å². The average molecular weight is 298 g/mol. The molecule has 0 amide bonds. The minimum atomic E-state index is -0.395. The van der Waals surface area contributed by atoms with Crippen LogP contribution in [0.15, 0.2) is 30.5 Å². The average Bonchev–Trinajstić information content (AvgIpc) is 2.81. The number of rotatable bonds is 6. The molecule has 7 heteroatoms. The molecule has 19 heavy (non-hydrogen) atoms. The SMILES string of the molecule is O=[N+]([O-])c1ccc(CCNCc2ncc(Cl)s2)cc1. The number of aromatic nitrogens is 1. The van der Waals surface area contributed by atoms with E-state index in [1.807, 2.05) is 0 Å². The maximum absolute atomic E-state index is 10.5. The lowest BCUT2D eigenvalue weighted by Crippen LogP contribution is -2.16. The molecule has 0 fully saturated rings. The first-order valence-corrected chi connectivity index (χ1v) is 6.89. The number of hydrogen-bond donors (Lipinski definition) is 1. The van der Waals surface area contributed by atoms with Crippen LogP contribution < -0.4 is 5.32 Å². The second-order valence-corrected chi connectivity index (χ2v) is 5.65. The molecule has 2 aromatic rings. The monoisotopic (exact) mass is 297 g/mol. The number of thiazole rings is 1. The Balaban J connectivity index is 1.75. The van der Waals surface area contributed by atoms with E-state index in [0.29, 0.717) is 10.9 Å². The van der Waals surface area contributed by atoms with Crippen LogP contribution in [-0.4, -0.2) is 16.5 Å². The lowest BCUT2D eigenvalue weighted by atomic mass is 10.1. The highest BCUT2D eigenvalue weighted by molar-refractivity contribution is 7.15. The summed E-state index contributed by atoms with van der Waals surface area (Å²) in [6.07, 6.45) is 2.46. The predicted octanol–water partition coefficient (Wildman–Crippen LogP) is 3.04. The molecule has 0 saturated heterocycles. The van der Waals surface area contributed by atoms with Crippen molar-refractivity contribution in [1.82, 2.24) is 10.3 Å². The van der Waals surface area contributed by atoms with Crippen LogP contribution in [-0.2, 0) is 13.0 Å². The minimum absolute atomic E-state index is 0.120. The quantitative estimate of drug-likeness (QED) is 0.505. The number of non-ortho nitro benzene ring substituents is 1. The van der Waals surface area contributed by atoms with E-state index in [0.717, 1.165) is 23.5 Å². The highest BCUT2D eigenvalue weighted by atomic mass is 35.5. The van der Waals surface area contributed by atoms with Gasteiger partial charge in [-0.3, -0.25) is 10.1 Å². The summed E-state index contributed by atoms with van der Waals surface area (Å²) < 4.78 is 0.687. The third kappa shape index (κ3) is 4.27. The molecule has 5 nitrogen and oxygen atoms in total. The van der Waals surface area contributed by atoms with Crippen molar-refractivity contribution in [2.24, 2.45) is 0 Å². The van der Waals surface area contributed by atoms with E-state index in [4.69, 9.17) is 11.6 Å². The van der Waals surface area contributed by atoms with Gasteiger partial charge in [-0.1, -0.05) is 23.7 Å². The topological polar surface area (TPSA) is 68.1 Å². The number of nitro benzene ring substituents is 1. The summed E-state index contributed by atoms with van der Waals surface area (Å²) in [7, 11) is 0. The zero-order valence-corrected chi connectivity index (χ0v) is 11.6. The van der Waals surface area contributed by atoms with Crippen molar-refractivity contribution in [3.8, 4) is 0 Å². The van der Waals surface area contributed by atoms with Crippen LogP contribution in [0, 0.1) is 10.1 Å². The molecule has 2 rings (SSSR count). The molecule has 0 saturated carbocycles. The van der Waals surface area contributed by atoms with Crippen LogP contribution in [0.4, 0.5) is 5.69 Å². The van der Waals surface area contributed by atoms with Gasteiger partial charge in [-0.25, -0.2) is 4.98 Å². The first-order valence-electron chi connectivity index (χ1n) is 5.69. The van der Waals surface area contributed by atoms with Gasteiger partial charge in [0.15, 0.2) is 0 Å². The van der Waals surface area contributed by atoms with Gasteiger partial charge in [0.1, 0.15) is 9.34 Å². The molecule has 1 heterocycles. The van der Waals surface area contributed by atoms with Crippen molar-refractivity contribution in [2.75, 3.05) is 6.54 Å². The Morgan fingerprint density at radius 2 is 2.11 bits per heavy atom. The lowest BCUT2D eigenvalue weighted by Gasteiger charge is -2.02. The standard InChI is InChI=1S/C12H12ClN3O2S/c13-11-7-15-12(19-11)8-14-6-5-9-1-3-10(4-2-9)16(17)18/h1-4,7,14H,5-6,8H2. The van der Waals surface area contributed by atoms with E-state index in [2.05, 4.69) is 10.3 Å². The molecule has 0 atom stereocenters. The fourth-order valence-corrected chi connectivity index (χ4v) is 2.51. The molecule has 0 unspecified atom stereocenters. The fourth-order valence-electron chi connectivity index (χ4n) is 1.58. The summed E-state index contributed by atoms with van der Waals surface area (Å²) in [4.78, 5) is 14.3. The van der Waals surface area contributed by atoms with Gasteiger partial charge in [0.2, 0.25) is 0 Å². The predicted molar refractivity (Wildman–Crippen MR) is 75.6 cm³/mol. The van der Waals surface area contributed by atoms with Crippen LogP contribution in [0.25, 0.3) is 0 Å². The largest absolute Gasteiger partial charge is 0.310 e. The van der Waals surface area contributed by atoms with Crippen molar-refractivity contribution in [1.29, 1.82) is 0 Å². The second kappa shape index (κ2) is 6.60. The molecule has 0 aliphatic rings. The normalized spacial score (nSPS) is 10.6. The Morgan fingerprint density at radius 3 is 2.68 bits per heavy atom. The third-order valence-electron chi connectivity index (χ3n) is 2.54. The van der Waals surface area contributed by atoms with Gasteiger partial charge in [0.25, 0.3) is 5.69 Å². The van der Waals surface area contributed by atoms with Crippen LogP contribution in [0.5, 0.6) is 0 Å². The van der Waals surface area contributed by atoms with Gasteiger partial charge in [0, 0.05) is 18.7 Å². The molecule has 0 bridgehead atoms. The molecule has 0 aliphatic heterocycles. The van der Waals surface area contributed by atoms with E-state index in [1.54, 1.807) is 18.3 Å². The van der Waals surface area contributed by atoms with Crippen molar-refractivity contribution in [2.45, 2.75) is 13.0 Å². The highest BCUT2D eigenvalue weighted by Gasteiger charge is 2.04. The highest BCUT2D eigenvalue weighted by Crippen LogP contribution is 2.17. The Bertz CT molecular complexity index is 556. The Hall–Kier alpha value is -1.50. The zero-order chi connectivity index (χ0) is 13.7. The lowest BCUT2D eigenvalue weighted by molar-refractivity contribution is -0.384. The van der Waals surface area contributed by atoms with Gasteiger partial charge < -0.3 is 5.32 Å². The molecule has 0 radical (unpaired) electrons. The third-order valence-corrected chi connectivity index (χ3v) is 3.65. The van der Waals surface area contributed by atoms with Crippen LogP contribution in [0.3, 0.4) is 0 Å². The number of hydrogen-bond acceptors (Lipinski definition) is 5. The summed E-state index contributed by atoms with van der Waals surface area (Å²) in [5, 5.41) is 14.7. The van der Waals surface area contributed by atoms with Gasteiger partial charge in [-0.05, 0) is 18.5 Å². The smallest absolute Gasteiger partial charge is 0.269 e. The van der Waals surface area contributed by atoms with E-state index < -0.39 is 4.92 Å². The number of halogens is 1. The molecule has 1 aromatic heterocycles. The van der Waals surface area contributed by atoms with Gasteiger partial charge >= 0.3 is 0 Å².